The van der Waals surface area contributed by atoms with E-state index in [1.165, 1.54) is 13.3 Å². The summed E-state index contributed by atoms with van der Waals surface area (Å²) in [5, 5.41) is 29.7. The number of nitrogens with two attached hydrogens (primary N) is 1. The van der Waals surface area contributed by atoms with E-state index in [0.717, 1.165) is 0 Å². The van der Waals surface area contributed by atoms with Crippen LogP contribution in [0.4, 0.5) is 5.69 Å². The fourth-order valence-electron chi connectivity index (χ4n) is 2.62. The summed E-state index contributed by atoms with van der Waals surface area (Å²) in [4.78, 5) is 4.22. The minimum absolute atomic E-state index is 0.372. The molecule has 0 amide bonds. The largest absolute Gasteiger partial charge is 0.399 e. The van der Waals surface area contributed by atoms with Gasteiger partial charge in [0.1, 0.15) is 17.8 Å². The van der Waals surface area contributed by atoms with E-state index in [1.54, 1.807) is 22.8 Å². The number of hydrogen-bond acceptors (Lipinski definition) is 6. The number of rotatable bonds is 2. The van der Waals surface area contributed by atoms with Gasteiger partial charge >= 0.3 is 0 Å². The highest BCUT2D eigenvalue weighted by atomic mass is 16.6. The van der Waals surface area contributed by atoms with Crippen LogP contribution < -0.4 is 5.73 Å². The number of hydrogen-bond donors (Lipinski definition) is 4. The molecule has 1 aliphatic rings. The number of aliphatic hydroxyl groups excluding tert-OH is 2. The predicted octanol–water partition coefficient (Wildman–Crippen LogP) is -0.380. The van der Waals surface area contributed by atoms with Gasteiger partial charge in [-0.2, -0.15) is 0 Å². The van der Waals surface area contributed by atoms with Gasteiger partial charge in [0.25, 0.3) is 0 Å². The monoisotopic (exact) mass is 279 g/mol. The van der Waals surface area contributed by atoms with Crippen molar-refractivity contribution in [3.63, 3.8) is 0 Å². The Hall–Kier alpha value is -1.67. The van der Waals surface area contributed by atoms with Gasteiger partial charge < -0.3 is 30.4 Å². The molecule has 4 atom stereocenters. The molecule has 1 aromatic carbocycles. The third kappa shape index (κ3) is 1.79. The molecule has 108 valence electrons. The molecule has 2 heterocycles. The average molecular weight is 279 g/mol. The van der Waals surface area contributed by atoms with Crippen LogP contribution in [0.3, 0.4) is 0 Å². The summed E-state index contributed by atoms with van der Waals surface area (Å²) in [5.74, 6) is 0. The average Bonchev–Trinajstić information content (AvgIpc) is 2.90. The molecule has 3 rings (SSSR count). The van der Waals surface area contributed by atoms with Crippen LogP contribution in [0.5, 0.6) is 0 Å². The molecule has 1 aliphatic heterocycles. The zero-order chi connectivity index (χ0) is 14.5. The Kier molecular flexibility index (Phi) is 2.94. The van der Waals surface area contributed by atoms with Crippen molar-refractivity contribution in [2.75, 3.05) is 12.3 Å². The molecule has 0 saturated carbocycles. The Morgan fingerprint density at radius 1 is 1.50 bits per heavy atom. The number of aromatic nitrogens is 2. The van der Waals surface area contributed by atoms with Crippen molar-refractivity contribution in [3.8, 4) is 0 Å². The lowest BCUT2D eigenvalue weighted by molar-refractivity contribution is -0.0948. The summed E-state index contributed by atoms with van der Waals surface area (Å²) in [6.45, 7) is 1.10. The van der Waals surface area contributed by atoms with E-state index in [4.69, 9.17) is 10.5 Å². The molecule has 0 spiro atoms. The van der Waals surface area contributed by atoms with E-state index in [1.807, 2.05) is 0 Å². The first-order valence-electron chi connectivity index (χ1n) is 6.34. The maximum absolute atomic E-state index is 10.5. The van der Waals surface area contributed by atoms with Crippen molar-refractivity contribution in [1.29, 1.82) is 0 Å². The molecule has 0 bridgehead atoms. The predicted molar refractivity (Wildman–Crippen MR) is 71.8 cm³/mol. The van der Waals surface area contributed by atoms with Gasteiger partial charge in [0.2, 0.25) is 0 Å². The maximum Gasteiger partial charge on any atom is 0.167 e. The molecule has 1 saturated heterocycles. The molecule has 0 aliphatic carbocycles. The lowest BCUT2D eigenvalue weighted by atomic mass is 9.96. The van der Waals surface area contributed by atoms with E-state index >= 15 is 0 Å². The summed E-state index contributed by atoms with van der Waals surface area (Å²) >= 11 is 0. The minimum atomic E-state index is -1.54. The van der Waals surface area contributed by atoms with Crippen LogP contribution >= 0.6 is 0 Å². The Balaban J connectivity index is 2.09. The fraction of sp³-hybridized carbons (Fsp3) is 0.462. The lowest BCUT2D eigenvalue weighted by Crippen LogP contribution is -2.44. The van der Waals surface area contributed by atoms with Crippen LogP contribution in [0.15, 0.2) is 24.5 Å². The Bertz CT molecular complexity index is 640. The van der Waals surface area contributed by atoms with Crippen LogP contribution in [0.1, 0.15) is 13.2 Å². The molecule has 0 radical (unpaired) electrons. The number of nitrogen functional groups attached to an aromatic ring is 1. The highest BCUT2D eigenvalue weighted by molar-refractivity contribution is 5.79. The van der Waals surface area contributed by atoms with E-state index in [9.17, 15) is 15.3 Å². The summed E-state index contributed by atoms with van der Waals surface area (Å²) < 4.78 is 7.18. The number of aliphatic hydroxyl groups is 3. The normalized spacial score (nSPS) is 33.9. The SMILES string of the molecule is C[C@]1(O)C(n2cnc3ccc(N)cc32)O[C@H](CO)[C@H]1O. The van der Waals surface area contributed by atoms with Gasteiger partial charge in [-0.3, -0.25) is 0 Å². The van der Waals surface area contributed by atoms with Gasteiger partial charge in [-0.25, -0.2) is 4.98 Å². The van der Waals surface area contributed by atoms with Crippen molar-refractivity contribution in [1.82, 2.24) is 9.55 Å². The summed E-state index contributed by atoms with van der Waals surface area (Å²) in [6, 6.07) is 5.23. The van der Waals surface area contributed by atoms with E-state index in [0.29, 0.717) is 16.7 Å². The topological polar surface area (TPSA) is 114 Å². The standard InChI is InChI=1S/C13H17N3O4/c1-13(19)11(18)10(5-17)20-12(13)16-6-15-8-3-2-7(14)4-9(8)16/h2-4,6,10-12,17-19H,5,14H2,1H3/t10-,11-,12?,13-/m1/s1. The van der Waals surface area contributed by atoms with Crippen LogP contribution in [-0.4, -0.2) is 49.3 Å². The van der Waals surface area contributed by atoms with Gasteiger partial charge in [0.05, 0.1) is 24.0 Å². The van der Waals surface area contributed by atoms with Crippen LogP contribution in [0.25, 0.3) is 11.0 Å². The first kappa shape index (κ1) is 13.3. The minimum Gasteiger partial charge on any atom is -0.399 e. The number of ether oxygens (including phenoxy) is 1. The van der Waals surface area contributed by atoms with E-state index < -0.39 is 24.0 Å². The zero-order valence-corrected chi connectivity index (χ0v) is 11.0. The highest BCUT2D eigenvalue weighted by Gasteiger charge is 2.53. The third-order valence-corrected chi connectivity index (χ3v) is 3.79. The van der Waals surface area contributed by atoms with Gasteiger partial charge in [-0.1, -0.05) is 0 Å². The molecule has 5 N–H and O–H groups in total. The number of imidazole rings is 1. The number of anilines is 1. The molecule has 7 nitrogen and oxygen atoms in total. The summed E-state index contributed by atoms with van der Waals surface area (Å²) in [5.41, 5.74) is 6.20. The van der Waals surface area contributed by atoms with Crippen molar-refractivity contribution in [2.45, 2.75) is 31.0 Å². The molecule has 1 aromatic heterocycles. The summed E-state index contributed by atoms with van der Waals surface area (Å²) in [7, 11) is 0. The number of nitrogens with zero attached hydrogens (tertiary/aromatic N) is 2. The van der Waals surface area contributed by atoms with Crippen molar-refractivity contribution in [3.05, 3.63) is 24.5 Å². The smallest absolute Gasteiger partial charge is 0.167 e. The highest BCUT2D eigenvalue weighted by Crippen LogP contribution is 2.39. The van der Waals surface area contributed by atoms with Crippen LogP contribution in [-0.2, 0) is 4.74 Å². The third-order valence-electron chi connectivity index (χ3n) is 3.79. The van der Waals surface area contributed by atoms with Gasteiger partial charge in [-0.15, -0.1) is 0 Å². The number of benzene rings is 1. The fourth-order valence-corrected chi connectivity index (χ4v) is 2.62. The number of fused-ring (bicyclic) bond motifs is 1. The second-order valence-corrected chi connectivity index (χ2v) is 5.28. The van der Waals surface area contributed by atoms with Crippen molar-refractivity contribution < 1.29 is 20.1 Å². The van der Waals surface area contributed by atoms with Crippen molar-refractivity contribution in [2.24, 2.45) is 0 Å². The molecular formula is C13H17N3O4. The first-order chi connectivity index (χ1) is 9.45. The van der Waals surface area contributed by atoms with Crippen LogP contribution in [0, 0.1) is 0 Å². The van der Waals surface area contributed by atoms with Gasteiger partial charge in [-0.05, 0) is 25.1 Å². The van der Waals surface area contributed by atoms with Crippen LogP contribution in [0.2, 0.25) is 0 Å². The molecule has 20 heavy (non-hydrogen) atoms. The summed E-state index contributed by atoms with van der Waals surface area (Å²) in [6.07, 6.45) is -1.35. The molecule has 7 heteroatoms. The van der Waals surface area contributed by atoms with E-state index in [-0.39, 0.29) is 6.61 Å². The van der Waals surface area contributed by atoms with Gasteiger partial charge in [0, 0.05) is 5.69 Å². The Morgan fingerprint density at radius 3 is 2.90 bits per heavy atom. The Morgan fingerprint density at radius 2 is 2.25 bits per heavy atom. The molecule has 1 unspecified atom stereocenters. The second kappa shape index (κ2) is 4.42. The van der Waals surface area contributed by atoms with Crippen molar-refractivity contribution >= 4 is 16.7 Å². The molecule has 2 aromatic rings. The Labute approximate surface area is 115 Å². The first-order valence-corrected chi connectivity index (χ1v) is 6.34. The maximum atomic E-state index is 10.5. The molecule has 1 fully saturated rings. The second-order valence-electron chi connectivity index (χ2n) is 5.28. The lowest BCUT2D eigenvalue weighted by Gasteiger charge is -2.27. The quantitative estimate of drug-likeness (QED) is 0.557. The van der Waals surface area contributed by atoms with E-state index in [2.05, 4.69) is 4.98 Å². The van der Waals surface area contributed by atoms with Gasteiger partial charge in [0.15, 0.2) is 6.23 Å². The molecular weight excluding hydrogens is 262 g/mol. The zero-order valence-electron chi connectivity index (χ0n) is 11.0.